The number of fused-ring (bicyclic) bond motifs is 1. The Balaban J connectivity index is 2.84. The Labute approximate surface area is 96.6 Å². The molecule has 2 aromatic rings. The van der Waals surface area contributed by atoms with Gasteiger partial charge in [-0.3, -0.25) is 0 Å². The van der Waals surface area contributed by atoms with E-state index in [2.05, 4.69) is 0 Å². The molecule has 0 aliphatic carbocycles. The molecule has 4 heteroatoms. The Bertz CT molecular complexity index is 560. The summed E-state index contributed by atoms with van der Waals surface area (Å²) in [6.45, 7) is 0. The maximum atomic E-state index is 8.52. The minimum atomic E-state index is 0.261. The molecule has 0 fully saturated rings. The number of nitrogens with zero attached hydrogens (tertiary/aromatic N) is 1. The van der Waals surface area contributed by atoms with Crippen LogP contribution in [0.25, 0.3) is 10.8 Å². The smallest absolute Gasteiger partial charge is 0.292 e. The summed E-state index contributed by atoms with van der Waals surface area (Å²) in [5, 5.41) is 10.8. The second-order valence-corrected chi connectivity index (χ2v) is 3.70. The normalized spacial score (nSPS) is 9.93. The average Bonchev–Trinajstić information content (AvgIpc) is 2.25. The average molecular weight is 238 g/mol. The SMILES string of the molecule is N#COc1c(Cl)c(Cl)cc2ccccc12. The predicted octanol–water partition coefficient (Wildman–Crippen LogP) is 4.01. The first-order valence-electron chi connectivity index (χ1n) is 4.16. The number of hydrogen-bond acceptors (Lipinski definition) is 2. The van der Waals surface area contributed by atoms with Crippen LogP contribution in [0.5, 0.6) is 5.75 Å². The lowest BCUT2D eigenvalue weighted by Gasteiger charge is -2.06. The van der Waals surface area contributed by atoms with E-state index in [0.29, 0.717) is 10.8 Å². The number of nitriles is 1. The summed E-state index contributed by atoms with van der Waals surface area (Å²) in [6.07, 6.45) is 1.60. The molecular weight excluding hydrogens is 233 g/mol. The van der Waals surface area contributed by atoms with Crippen LogP contribution in [0.1, 0.15) is 0 Å². The van der Waals surface area contributed by atoms with Gasteiger partial charge in [-0.05, 0) is 11.5 Å². The van der Waals surface area contributed by atoms with Crippen LogP contribution in [0.4, 0.5) is 0 Å². The first kappa shape index (κ1) is 10.1. The van der Waals surface area contributed by atoms with Gasteiger partial charge in [0.2, 0.25) is 0 Å². The molecule has 2 nitrogen and oxygen atoms in total. The fourth-order valence-corrected chi connectivity index (χ4v) is 1.80. The minimum absolute atomic E-state index is 0.261. The van der Waals surface area contributed by atoms with Gasteiger partial charge in [0.15, 0.2) is 5.75 Å². The van der Waals surface area contributed by atoms with E-state index in [0.717, 1.165) is 10.8 Å². The fraction of sp³-hybridized carbons (Fsp3) is 0. The van der Waals surface area contributed by atoms with Crippen molar-refractivity contribution >= 4 is 34.0 Å². The van der Waals surface area contributed by atoms with Crippen LogP contribution in [0.3, 0.4) is 0 Å². The van der Waals surface area contributed by atoms with E-state index in [4.69, 9.17) is 33.2 Å². The summed E-state index contributed by atoms with van der Waals surface area (Å²) in [7, 11) is 0. The third-order valence-corrected chi connectivity index (χ3v) is 2.81. The van der Waals surface area contributed by atoms with E-state index in [1.165, 1.54) is 0 Å². The summed E-state index contributed by atoms with van der Waals surface area (Å²) in [5.74, 6) is 0.308. The molecule has 0 saturated carbocycles. The zero-order valence-electron chi connectivity index (χ0n) is 7.50. The summed E-state index contributed by atoms with van der Waals surface area (Å²) in [5.41, 5.74) is 0. The molecule has 0 atom stereocenters. The van der Waals surface area contributed by atoms with Gasteiger partial charge in [0.05, 0.1) is 5.02 Å². The number of benzene rings is 2. The maximum absolute atomic E-state index is 8.52. The number of halogens is 2. The van der Waals surface area contributed by atoms with E-state index in [-0.39, 0.29) is 5.02 Å². The van der Waals surface area contributed by atoms with Crippen molar-refractivity contribution in [3.8, 4) is 12.0 Å². The van der Waals surface area contributed by atoms with Gasteiger partial charge in [-0.15, -0.1) is 5.26 Å². The molecule has 0 heterocycles. The Kier molecular flexibility index (Phi) is 2.68. The Hall–Kier alpha value is -1.43. The zero-order chi connectivity index (χ0) is 10.8. The summed E-state index contributed by atoms with van der Waals surface area (Å²) >= 11 is 11.9. The van der Waals surface area contributed by atoms with Crippen molar-refractivity contribution < 1.29 is 4.74 Å². The molecule has 2 aromatic carbocycles. The molecule has 0 amide bonds. The first-order chi connectivity index (χ1) is 7.24. The summed E-state index contributed by atoms with van der Waals surface area (Å²) in [6, 6.07) is 9.16. The highest BCUT2D eigenvalue weighted by Crippen LogP contribution is 2.38. The molecule has 0 saturated heterocycles. The first-order valence-corrected chi connectivity index (χ1v) is 4.92. The number of ether oxygens (including phenoxy) is 1. The predicted molar refractivity (Wildman–Crippen MR) is 60.2 cm³/mol. The summed E-state index contributed by atoms with van der Waals surface area (Å²) < 4.78 is 4.82. The zero-order valence-corrected chi connectivity index (χ0v) is 9.01. The highest BCUT2D eigenvalue weighted by Gasteiger charge is 2.11. The van der Waals surface area contributed by atoms with Gasteiger partial charge in [-0.25, -0.2) is 0 Å². The van der Waals surface area contributed by atoms with Crippen molar-refractivity contribution in [2.24, 2.45) is 0 Å². The lowest BCUT2D eigenvalue weighted by atomic mass is 10.1. The molecule has 0 bridgehead atoms. The van der Waals surface area contributed by atoms with E-state index in [9.17, 15) is 0 Å². The lowest BCUT2D eigenvalue weighted by molar-refractivity contribution is 0.513. The monoisotopic (exact) mass is 237 g/mol. The molecule has 2 rings (SSSR count). The van der Waals surface area contributed by atoms with Gasteiger partial charge >= 0.3 is 0 Å². The topological polar surface area (TPSA) is 33.0 Å². The molecule has 0 N–H and O–H groups in total. The third kappa shape index (κ3) is 1.72. The molecule has 74 valence electrons. The highest BCUT2D eigenvalue weighted by atomic mass is 35.5. The van der Waals surface area contributed by atoms with Crippen molar-refractivity contribution in [3.05, 3.63) is 40.4 Å². The quantitative estimate of drug-likeness (QED) is 0.703. The van der Waals surface area contributed by atoms with Gasteiger partial charge < -0.3 is 4.74 Å². The standard InChI is InChI=1S/C11H5Cl2NO/c12-9-5-7-3-1-2-4-8(7)11(10(9)13)15-6-14/h1-5H. The number of hydrogen-bond donors (Lipinski definition) is 0. The van der Waals surface area contributed by atoms with Crippen LogP contribution in [-0.2, 0) is 0 Å². The van der Waals surface area contributed by atoms with Gasteiger partial charge in [0.25, 0.3) is 6.26 Å². The van der Waals surface area contributed by atoms with Crippen molar-refractivity contribution in [2.75, 3.05) is 0 Å². The van der Waals surface area contributed by atoms with Crippen molar-refractivity contribution in [3.63, 3.8) is 0 Å². The van der Waals surface area contributed by atoms with Gasteiger partial charge in [-0.2, -0.15) is 0 Å². The fourth-order valence-electron chi connectivity index (χ4n) is 1.40. The molecule has 15 heavy (non-hydrogen) atoms. The van der Waals surface area contributed by atoms with Gasteiger partial charge in [0.1, 0.15) is 5.02 Å². The molecule has 0 aliphatic rings. The molecular formula is C11H5Cl2NO. The largest absolute Gasteiger partial charge is 0.386 e. The van der Waals surface area contributed by atoms with Crippen LogP contribution in [0.15, 0.2) is 30.3 Å². The van der Waals surface area contributed by atoms with Crippen LogP contribution in [0.2, 0.25) is 10.0 Å². The molecule has 0 spiro atoms. The third-order valence-electron chi connectivity index (χ3n) is 2.04. The second-order valence-electron chi connectivity index (χ2n) is 2.92. The Morgan fingerprint density at radius 2 is 1.93 bits per heavy atom. The molecule has 0 aromatic heterocycles. The Morgan fingerprint density at radius 1 is 1.20 bits per heavy atom. The van der Waals surface area contributed by atoms with E-state index >= 15 is 0 Å². The van der Waals surface area contributed by atoms with Crippen molar-refractivity contribution in [2.45, 2.75) is 0 Å². The van der Waals surface area contributed by atoms with Crippen LogP contribution in [0, 0.1) is 11.5 Å². The molecule has 0 unspecified atom stereocenters. The summed E-state index contributed by atoms with van der Waals surface area (Å²) in [4.78, 5) is 0. The number of rotatable bonds is 1. The van der Waals surface area contributed by atoms with Crippen LogP contribution < -0.4 is 4.74 Å². The van der Waals surface area contributed by atoms with E-state index in [1.54, 1.807) is 12.3 Å². The highest BCUT2D eigenvalue weighted by molar-refractivity contribution is 6.44. The lowest BCUT2D eigenvalue weighted by Crippen LogP contribution is -1.86. The van der Waals surface area contributed by atoms with Crippen LogP contribution in [-0.4, -0.2) is 0 Å². The maximum Gasteiger partial charge on any atom is 0.292 e. The van der Waals surface area contributed by atoms with Crippen molar-refractivity contribution in [1.82, 2.24) is 0 Å². The van der Waals surface area contributed by atoms with E-state index < -0.39 is 0 Å². The van der Waals surface area contributed by atoms with Gasteiger partial charge in [0, 0.05) is 5.39 Å². The van der Waals surface area contributed by atoms with E-state index in [1.807, 2.05) is 24.3 Å². The Morgan fingerprint density at radius 3 is 2.67 bits per heavy atom. The molecule has 0 radical (unpaired) electrons. The molecule has 0 aliphatic heterocycles. The van der Waals surface area contributed by atoms with Gasteiger partial charge in [-0.1, -0.05) is 47.5 Å². The van der Waals surface area contributed by atoms with Crippen LogP contribution >= 0.6 is 23.2 Å². The van der Waals surface area contributed by atoms with Crippen molar-refractivity contribution in [1.29, 1.82) is 5.26 Å². The second kappa shape index (κ2) is 3.98. The minimum Gasteiger partial charge on any atom is -0.386 e.